The first-order valence-electron chi connectivity index (χ1n) is 6.13. The Hall–Kier alpha value is -1.93. The van der Waals surface area contributed by atoms with E-state index < -0.39 is 0 Å². The molecule has 2 nitrogen and oxygen atoms in total. The van der Waals surface area contributed by atoms with Crippen LogP contribution in [-0.2, 0) is 0 Å². The number of nitrogens with zero attached hydrogens (tertiary/aromatic N) is 2. The van der Waals surface area contributed by atoms with Crippen molar-refractivity contribution < 1.29 is 0 Å². The Labute approximate surface area is 117 Å². The standard InChI is InChI=1S/C16H13ClN2/c1-10-3-6-14-15(7-10)19-16(9-18-14)12-4-5-13(17)11(2)8-12/h3-9H,1-2H3. The van der Waals surface area contributed by atoms with Gasteiger partial charge in [0.25, 0.3) is 0 Å². The van der Waals surface area contributed by atoms with Gasteiger partial charge in [0.1, 0.15) is 0 Å². The van der Waals surface area contributed by atoms with Crippen LogP contribution in [0.2, 0.25) is 5.02 Å². The van der Waals surface area contributed by atoms with Crippen molar-refractivity contribution in [1.82, 2.24) is 9.97 Å². The van der Waals surface area contributed by atoms with Crippen molar-refractivity contribution in [2.45, 2.75) is 13.8 Å². The molecule has 0 unspecified atom stereocenters. The maximum absolute atomic E-state index is 6.05. The maximum atomic E-state index is 6.05. The van der Waals surface area contributed by atoms with Crippen LogP contribution in [0.1, 0.15) is 11.1 Å². The van der Waals surface area contributed by atoms with Crippen molar-refractivity contribution in [3.05, 3.63) is 58.7 Å². The van der Waals surface area contributed by atoms with Gasteiger partial charge in [-0.3, -0.25) is 4.98 Å². The van der Waals surface area contributed by atoms with Crippen LogP contribution in [-0.4, -0.2) is 9.97 Å². The summed E-state index contributed by atoms with van der Waals surface area (Å²) in [6, 6.07) is 12.0. The minimum Gasteiger partial charge on any atom is -0.252 e. The van der Waals surface area contributed by atoms with Crippen molar-refractivity contribution >= 4 is 22.6 Å². The number of aromatic nitrogens is 2. The van der Waals surface area contributed by atoms with Crippen LogP contribution in [0.5, 0.6) is 0 Å². The van der Waals surface area contributed by atoms with E-state index in [0.29, 0.717) is 0 Å². The molecule has 0 atom stereocenters. The van der Waals surface area contributed by atoms with Crippen LogP contribution in [0.25, 0.3) is 22.3 Å². The zero-order valence-electron chi connectivity index (χ0n) is 10.8. The molecule has 0 fully saturated rings. The number of benzene rings is 2. The molecule has 3 aromatic rings. The molecular formula is C16H13ClN2. The first-order valence-corrected chi connectivity index (χ1v) is 6.51. The first kappa shape index (κ1) is 12.1. The summed E-state index contributed by atoms with van der Waals surface area (Å²) in [5.74, 6) is 0. The molecule has 0 spiro atoms. The van der Waals surface area contributed by atoms with Gasteiger partial charge in [-0.1, -0.05) is 23.7 Å². The molecule has 0 N–H and O–H groups in total. The summed E-state index contributed by atoms with van der Waals surface area (Å²) >= 11 is 6.05. The van der Waals surface area contributed by atoms with E-state index in [1.165, 1.54) is 5.56 Å². The van der Waals surface area contributed by atoms with Gasteiger partial charge >= 0.3 is 0 Å². The lowest BCUT2D eigenvalue weighted by Crippen LogP contribution is -1.90. The Bertz CT molecular complexity index is 766. The topological polar surface area (TPSA) is 25.8 Å². The smallest absolute Gasteiger partial charge is 0.0896 e. The van der Waals surface area contributed by atoms with E-state index in [0.717, 1.165) is 32.9 Å². The van der Waals surface area contributed by atoms with E-state index in [-0.39, 0.29) is 0 Å². The van der Waals surface area contributed by atoms with Gasteiger partial charge in [0, 0.05) is 10.6 Å². The van der Waals surface area contributed by atoms with Crippen molar-refractivity contribution in [2.75, 3.05) is 0 Å². The van der Waals surface area contributed by atoms with Crippen LogP contribution >= 0.6 is 11.6 Å². The summed E-state index contributed by atoms with van der Waals surface area (Å²) in [6.45, 7) is 4.05. The van der Waals surface area contributed by atoms with Gasteiger partial charge in [0.05, 0.1) is 22.9 Å². The van der Waals surface area contributed by atoms with Crippen LogP contribution in [0.15, 0.2) is 42.6 Å². The summed E-state index contributed by atoms with van der Waals surface area (Å²) in [5, 5.41) is 0.772. The third-order valence-corrected chi connectivity index (χ3v) is 3.58. The van der Waals surface area contributed by atoms with Gasteiger partial charge in [-0.25, -0.2) is 4.98 Å². The average Bonchev–Trinajstić information content (AvgIpc) is 2.41. The second-order valence-corrected chi connectivity index (χ2v) is 5.12. The maximum Gasteiger partial charge on any atom is 0.0896 e. The molecule has 0 radical (unpaired) electrons. The molecule has 94 valence electrons. The molecule has 1 heterocycles. The quantitative estimate of drug-likeness (QED) is 0.646. The summed E-state index contributed by atoms with van der Waals surface area (Å²) in [6.07, 6.45) is 1.81. The predicted octanol–water partition coefficient (Wildman–Crippen LogP) is 4.57. The number of rotatable bonds is 1. The molecule has 0 bridgehead atoms. The molecule has 0 aliphatic heterocycles. The van der Waals surface area contributed by atoms with Crippen molar-refractivity contribution in [1.29, 1.82) is 0 Å². The first-order chi connectivity index (χ1) is 9.13. The molecule has 0 aliphatic rings. The van der Waals surface area contributed by atoms with E-state index in [1.54, 1.807) is 6.20 Å². The van der Waals surface area contributed by atoms with E-state index in [9.17, 15) is 0 Å². The van der Waals surface area contributed by atoms with E-state index in [2.05, 4.69) is 23.0 Å². The SMILES string of the molecule is Cc1ccc2ncc(-c3ccc(Cl)c(C)c3)nc2c1. The molecule has 3 heteroatoms. The fourth-order valence-corrected chi connectivity index (χ4v) is 2.18. The highest BCUT2D eigenvalue weighted by Crippen LogP contribution is 2.24. The van der Waals surface area contributed by atoms with E-state index in [1.807, 2.05) is 37.3 Å². The summed E-state index contributed by atoms with van der Waals surface area (Å²) < 4.78 is 0. The summed E-state index contributed by atoms with van der Waals surface area (Å²) in [5.41, 5.74) is 5.98. The van der Waals surface area contributed by atoms with Crippen LogP contribution < -0.4 is 0 Å². The lowest BCUT2D eigenvalue weighted by molar-refractivity contribution is 1.28. The Balaban J connectivity index is 2.16. The highest BCUT2D eigenvalue weighted by Gasteiger charge is 2.04. The van der Waals surface area contributed by atoms with Gasteiger partial charge in [0.2, 0.25) is 0 Å². The van der Waals surface area contributed by atoms with Gasteiger partial charge in [-0.05, 0) is 49.2 Å². The fourth-order valence-electron chi connectivity index (χ4n) is 2.06. The Kier molecular flexibility index (Phi) is 2.96. The average molecular weight is 269 g/mol. The van der Waals surface area contributed by atoms with Gasteiger partial charge in [-0.15, -0.1) is 0 Å². The van der Waals surface area contributed by atoms with Crippen molar-refractivity contribution in [3.8, 4) is 11.3 Å². The van der Waals surface area contributed by atoms with Crippen LogP contribution in [0.3, 0.4) is 0 Å². The molecule has 0 aliphatic carbocycles. The summed E-state index contributed by atoms with van der Waals surface area (Å²) in [7, 11) is 0. The third-order valence-electron chi connectivity index (χ3n) is 3.15. The zero-order chi connectivity index (χ0) is 13.4. The second kappa shape index (κ2) is 4.63. The molecule has 0 amide bonds. The number of halogens is 1. The monoisotopic (exact) mass is 268 g/mol. The lowest BCUT2D eigenvalue weighted by atomic mass is 10.1. The number of hydrogen-bond acceptors (Lipinski definition) is 2. The second-order valence-electron chi connectivity index (χ2n) is 4.71. The summed E-state index contributed by atoms with van der Waals surface area (Å²) in [4.78, 5) is 9.13. The molecule has 0 saturated heterocycles. The Morgan fingerprint density at radius 2 is 1.79 bits per heavy atom. The molecule has 3 rings (SSSR count). The minimum absolute atomic E-state index is 0.772. The third kappa shape index (κ3) is 2.32. The van der Waals surface area contributed by atoms with E-state index >= 15 is 0 Å². The Morgan fingerprint density at radius 3 is 2.58 bits per heavy atom. The van der Waals surface area contributed by atoms with Crippen LogP contribution in [0.4, 0.5) is 0 Å². The lowest BCUT2D eigenvalue weighted by Gasteiger charge is -2.05. The predicted molar refractivity (Wildman–Crippen MR) is 79.5 cm³/mol. The largest absolute Gasteiger partial charge is 0.252 e. The zero-order valence-corrected chi connectivity index (χ0v) is 11.6. The van der Waals surface area contributed by atoms with Crippen molar-refractivity contribution in [2.24, 2.45) is 0 Å². The van der Waals surface area contributed by atoms with E-state index in [4.69, 9.17) is 11.6 Å². The fraction of sp³-hybridized carbons (Fsp3) is 0.125. The number of aryl methyl sites for hydroxylation is 2. The normalized spacial score (nSPS) is 10.9. The molecule has 2 aromatic carbocycles. The Morgan fingerprint density at radius 1 is 0.947 bits per heavy atom. The molecular weight excluding hydrogens is 256 g/mol. The minimum atomic E-state index is 0.772. The van der Waals surface area contributed by atoms with Gasteiger partial charge in [-0.2, -0.15) is 0 Å². The van der Waals surface area contributed by atoms with Gasteiger partial charge in [0.15, 0.2) is 0 Å². The molecule has 0 saturated carbocycles. The van der Waals surface area contributed by atoms with Gasteiger partial charge < -0.3 is 0 Å². The van der Waals surface area contributed by atoms with Crippen LogP contribution in [0, 0.1) is 13.8 Å². The van der Waals surface area contributed by atoms with Crippen molar-refractivity contribution in [3.63, 3.8) is 0 Å². The molecule has 1 aromatic heterocycles. The molecule has 19 heavy (non-hydrogen) atoms. The highest BCUT2D eigenvalue weighted by atomic mass is 35.5. The number of hydrogen-bond donors (Lipinski definition) is 0. The number of fused-ring (bicyclic) bond motifs is 1. The highest BCUT2D eigenvalue weighted by molar-refractivity contribution is 6.31.